The Balaban J connectivity index is 1.59. The van der Waals surface area contributed by atoms with Gasteiger partial charge in [-0.15, -0.1) is 0 Å². The molecule has 0 aliphatic rings. The van der Waals surface area contributed by atoms with Gasteiger partial charge in [-0.2, -0.15) is 0 Å². The van der Waals surface area contributed by atoms with Gasteiger partial charge >= 0.3 is 0 Å². The molecule has 0 atom stereocenters. The molecule has 6 nitrogen and oxygen atoms in total. The van der Waals surface area contributed by atoms with Crippen LogP contribution in [-0.2, 0) is 16.6 Å². The summed E-state index contributed by atoms with van der Waals surface area (Å²) in [6, 6.07) is 18.2. The zero-order valence-corrected chi connectivity index (χ0v) is 20.7. The van der Waals surface area contributed by atoms with Crippen molar-refractivity contribution in [2.75, 3.05) is 23.7 Å². The molecule has 174 valence electrons. The Morgan fingerprint density at radius 3 is 2.18 bits per heavy atom. The van der Waals surface area contributed by atoms with E-state index in [9.17, 15) is 13.2 Å². The van der Waals surface area contributed by atoms with Crippen molar-refractivity contribution >= 4 is 56.4 Å². The molecule has 0 heterocycles. The third-order valence-electron chi connectivity index (χ3n) is 4.59. The fourth-order valence-corrected chi connectivity index (χ4v) is 4.54. The number of nitrogens with zero attached hydrogens (tertiary/aromatic N) is 1. The van der Waals surface area contributed by atoms with Gasteiger partial charge < -0.3 is 10.1 Å². The molecular formula is C23H21Cl3N2O4S. The predicted molar refractivity (Wildman–Crippen MR) is 133 cm³/mol. The van der Waals surface area contributed by atoms with E-state index in [-0.39, 0.29) is 17.5 Å². The van der Waals surface area contributed by atoms with Gasteiger partial charge in [-0.05, 0) is 60.2 Å². The van der Waals surface area contributed by atoms with Crippen molar-refractivity contribution in [3.63, 3.8) is 0 Å². The molecule has 0 aliphatic carbocycles. The first-order chi connectivity index (χ1) is 15.6. The van der Waals surface area contributed by atoms with E-state index in [2.05, 4.69) is 5.32 Å². The number of carbonyl (C=O) groups is 1. The second-order valence-electron chi connectivity index (χ2n) is 7.12. The number of amides is 1. The van der Waals surface area contributed by atoms with Crippen LogP contribution in [0.1, 0.15) is 15.9 Å². The average molecular weight is 528 g/mol. The fraction of sp³-hybridized carbons (Fsp3) is 0.174. The van der Waals surface area contributed by atoms with Crippen molar-refractivity contribution in [1.82, 2.24) is 5.32 Å². The Hall–Kier alpha value is -2.45. The van der Waals surface area contributed by atoms with Crippen molar-refractivity contribution in [3.8, 4) is 5.75 Å². The number of rotatable bonds is 9. The zero-order chi connectivity index (χ0) is 24.0. The van der Waals surface area contributed by atoms with E-state index < -0.39 is 10.0 Å². The molecule has 1 N–H and O–H groups in total. The molecule has 0 unspecified atom stereocenters. The highest BCUT2D eigenvalue weighted by molar-refractivity contribution is 7.92. The highest BCUT2D eigenvalue weighted by Crippen LogP contribution is 2.31. The molecule has 0 fully saturated rings. The predicted octanol–water partition coefficient (Wildman–Crippen LogP) is 5.42. The molecule has 3 aromatic rings. The molecule has 3 aromatic carbocycles. The van der Waals surface area contributed by atoms with Crippen molar-refractivity contribution in [2.24, 2.45) is 0 Å². The standard InChI is InChI=1S/C23H21Cl3N2O4S/c1-33(30,31)28(22-11-8-19(25)14-21(22)26)15-16-2-4-17(5-3-16)23(29)27-12-13-32-20-9-6-18(24)7-10-20/h2-11,14H,12-13,15H2,1H3,(H,27,29). The molecule has 0 aliphatic heterocycles. The van der Waals surface area contributed by atoms with Crippen LogP contribution in [0.3, 0.4) is 0 Å². The third kappa shape index (κ3) is 7.27. The van der Waals surface area contributed by atoms with Gasteiger partial charge in [0, 0.05) is 15.6 Å². The first-order valence-electron chi connectivity index (χ1n) is 9.82. The lowest BCUT2D eigenvalue weighted by atomic mass is 10.1. The van der Waals surface area contributed by atoms with Crippen molar-refractivity contribution in [1.29, 1.82) is 0 Å². The highest BCUT2D eigenvalue weighted by atomic mass is 35.5. The number of carbonyl (C=O) groups excluding carboxylic acids is 1. The van der Waals surface area contributed by atoms with Crippen molar-refractivity contribution in [3.05, 3.63) is 92.9 Å². The Labute approximate surface area is 208 Å². The van der Waals surface area contributed by atoms with Gasteiger partial charge in [0.15, 0.2) is 0 Å². The molecule has 0 spiro atoms. The average Bonchev–Trinajstić information content (AvgIpc) is 2.76. The summed E-state index contributed by atoms with van der Waals surface area (Å²) in [6.07, 6.45) is 1.10. The van der Waals surface area contributed by atoms with Gasteiger partial charge in [-0.1, -0.05) is 46.9 Å². The molecular weight excluding hydrogens is 507 g/mol. The van der Waals surface area contributed by atoms with Gasteiger partial charge in [-0.3, -0.25) is 9.10 Å². The maximum Gasteiger partial charge on any atom is 0.251 e. The third-order valence-corrected chi connectivity index (χ3v) is 6.51. The fourth-order valence-electron chi connectivity index (χ4n) is 2.96. The number of ether oxygens (including phenoxy) is 1. The SMILES string of the molecule is CS(=O)(=O)N(Cc1ccc(C(=O)NCCOc2ccc(Cl)cc2)cc1)c1ccc(Cl)cc1Cl. The normalized spacial score (nSPS) is 11.2. The summed E-state index contributed by atoms with van der Waals surface area (Å²) in [5.74, 6) is 0.399. The van der Waals surface area contributed by atoms with Gasteiger partial charge in [0.1, 0.15) is 12.4 Å². The van der Waals surface area contributed by atoms with Crippen LogP contribution >= 0.6 is 34.8 Å². The Morgan fingerprint density at radius 2 is 1.58 bits per heavy atom. The lowest BCUT2D eigenvalue weighted by Gasteiger charge is -2.23. The number of nitrogens with one attached hydrogen (secondary N) is 1. The van der Waals surface area contributed by atoms with Crippen LogP contribution in [-0.4, -0.2) is 33.7 Å². The second kappa shape index (κ2) is 11.1. The monoisotopic (exact) mass is 526 g/mol. The molecule has 0 saturated heterocycles. The van der Waals surface area contributed by atoms with Gasteiger partial charge in [0.2, 0.25) is 10.0 Å². The van der Waals surface area contributed by atoms with Crippen LogP contribution in [0.15, 0.2) is 66.7 Å². The Bertz CT molecular complexity index is 1220. The van der Waals surface area contributed by atoms with E-state index in [1.165, 1.54) is 10.4 Å². The molecule has 10 heteroatoms. The van der Waals surface area contributed by atoms with E-state index in [4.69, 9.17) is 39.5 Å². The van der Waals surface area contributed by atoms with Gasteiger partial charge in [0.25, 0.3) is 5.91 Å². The van der Waals surface area contributed by atoms with E-state index in [1.54, 1.807) is 60.7 Å². The number of hydrogen-bond donors (Lipinski definition) is 1. The lowest BCUT2D eigenvalue weighted by molar-refractivity contribution is 0.0947. The van der Waals surface area contributed by atoms with Gasteiger partial charge in [0.05, 0.1) is 30.1 Å². The quantitative estimate of drug-likeness (QED) is 0.377. The van der Waals surface area contributed by atoms with Crippen molar-refractivity contribution < 1.29 is 17.9 Å². The summed E-state index contributed by atoms with van der Waals surface area (Å²) in [5, 5.41) is 4.03. The van der Waals surface area contributed by atoms with Crippen LogP contribution in [0, 0.1) is 0 Å². The summed E-state index contributed by atoms with van der Waals surface area (Å²) < 4.78 is 31.5. The summed E-state index contributed by atoms with van der Waals surface area (Å²) in [6.45, 7) is 0.674. The number of anilines is 1. The number of hydrogen-bond acceptors (Lipinski definition) is 4. The molecule has 0 bridgehead atoms. The molecule has 0 saturated carbocycles. The number of benzene rings is 3. The van der Waals surface area contributed by atoms with Crippen molar-refractivity contribution in [2.45, 2.75) is 6.54 Å². The van der Waals surface area contributed by atoms with Crippen LogP contribution in [0.5, 0.6) is 5.75 Å². The Morgan fingerprint density at radius 1 is 0.939 bits per heavy atom. The minimum absolute atomic E-state index is 0.0526. The van der Waals surface area contributed by atoms with Crippen LogP contribution in [0.4, 0.5) is 5.69 Å². The highest BCUT2D eigenvalue weighted by Gasteiger charge is 2.21. The molecule has 1 amide bonds. The Kier molecular flexibility index (Phi) is 8.48. The summed E-state index contributed by atoms with van der Waals surface area (Å²) >= 11 is 18.0. The number of halogens is 3. The molecule has 33 heavy (non-hydrogen) atoms. The minimum Gasteiger partial charge on any atom is -0.492 e. The smallest absolute Gasteiger partial charge is 0.251 e. The van der Waals surface area contributed by atoms with E-state index in [0.29, 0.717) is 45.8 Å². The van der Waals surface area contributed by atoms with Crippen LogP contribution < -0.4 is 14.4 Å². The maximum atomic E-state index is 12.4. The van der Waals surface area contributed by atoms with Gasteiger partial charge in [-0.25, -0.2) is 8.42 Å². The largest absolute Gasteiger partial charge is 0.492 e. The first kappa shape index (κ1) is 25.2. The lowest BCUT2D eigenvalue weighted by Crippen LogP contribution is -2.30. The molecule has 0 aromatic heterocycles. The second-order valence-corrected chi connectivity index (χ2v) is 10.3. The number of sulfonamides is 1. The maximum absolute atomic E-state index is 12.4. The van der Waals surface area contributed by atoms with E-state index >= 15 is 0 Å². The van der Waals surface area contributed by atoms with Crippen LogP contribution in [0.2, 0.25) is 15.1 Å². The zero-order valence-electron chi connectivity index (χ0n) is 17.6. The van der Waals surface area contributed by atoms with E-state index in [1.807, 2.05) is 0 Å². The van der Waals surface area contributed by atoms with Crippen LogP contribution in [0.25, 0.3) is 0 Å². The molecule has 3 rings (SSSR count). The first-order valence-corrected chi connectivity index (χ1v) is 12.8. The summed E-state index contributed by atoms with van der Waals surface area (Å²) in [7, 11) is -3.61. The minimum atomic E-state index is -3.61. The summed E-state index contributed by atoms with van der Waals surface area (Å²) in [4.78, 5) is 12.4. The van der Waals surface area contributed by atoms with E-state index in [0.717, 1.165) is 6.26 Å². The topological polar surface area (TPSA) is 75.7 Å². The summed E-state index contributed by atoms with van der Waals surface area (Å²) in [5.41, 5.74) is 1.46. The molecule has 0 radical (unpaired) electrons.